The van der Waals surface area contributed by atoms with Crippen molar-refractivity contribution >= 4 is 21.4 Å². The molecule has 164 valence electrons. The summed E-state index contributed by atoms with van der Waals surface area (Å²) in [7, 11) is -2.97. The van der Waals surface area contributed by atoms with Crippen LogP contribution >= 0.6 is 12.6 Å². The van der Waals surface area contributed by atoms with Crippen LogP contribution in [0.4, 0.5) is 0 Å². The summed E-state index contributed by atoms with van der Waals surface area (Å²) in [5.41, 5.74) is 5.74. The molecule has 0 aliphatic heterocycles. The standard InChI is InChI=1S/C18H41NO6SSi/c1-6-20-18(21-7-2,22-8-3)17(13-11-15-26)25-27(23-9-4,24-10-5)16-12-14-19/h17,26H,6-16,19H2,1-5H3. The van der Waals surface area contributed by atoms with Crippen molar-refractivity contribution in [3.63, 3.8) is 0 Å². The van der Waals surface area contributed by atoms with Crippen LogP contribution in [-0.2, 0) is 27.5 Å². The third-order valence-corrected chi connectivity index (χ3v) is 7.18. The molecule has 0 aliphatic rings. The fourth-order valence-corrected chi connectivity index (χ4v) is 5.90. The number of rotatable bonds is 19. The third-order valence-electron chi connectivity index (χ3n) is 3.79. The minimum atomic E-state index is -2.97. The first kappa shape index (κ1) is 27.3. The van der Waals surface area contributed by atoms with Gasteiger partial charge in [-0.2, -0.15) is 12.6 Å². The molecule has 0 radical (unpaired) electrons. The van der Waals surface area contributed by atoms with E-state index in [4.69, 9.17) is 33.2 Å². The first-order valence-corrected chi connectivity index (χ1v) is 12.8. The largest absolute Gasteiger partial charge is 0.501 e. The van der Waals surface area contributed by atoms with Gasteiger partial charge < -0.3 is 33.2 Å². The zero-order valence-electron chi connectivity index (χ0n) is 17.8. The summed E-state index contributed by atoms with van der Waals surface area (Å²) in [6, 6.07) is 0.642. The molecule has 1 atom stereocenters. The average molecular weight is 428 g/mol. The molecule has 2 N–H and O–H groups in total. The van der Waals surface area contributed by atoms with Gasteiger partial charge in [0.25, 0.3) is 0 Å². The molecule has 1 unspecified atom stereocenters. The molecule has 0 heterocycles. The molecule has 0 fully saturated rings. The molecule has 0 spiro atoms. The summed E-state index contributed by atoms with van der Waals surface area (Å²) in [5.74, 6) is -0.572. The van der Waals surface area contributed by atoms with E-state index >= 15 is 0 Å². The van der Waals surface area contributed by atoms with Crippen LogP contribution in [0, 0.1) is 0 Å². The van der Waals surface area contributed by atoms with E-state index < -0.39 is 20.9 Å². The van der Waals surface area contributed by atoms with Gasteiger partial charge in [0.05, 0.1) is 0 Å². The van der Waals surface area contributed by atoms with Crippen molar-refractivity contribution in [3.8, 4) is 0 Å². The molecule has 9 heteroatoms. The van der Waals surface area contributed by atoms with E-state index in [-0.39, 0.29) is 0 Å². The minimum absolute atomic E-state index is 0.432. The van der Waals surface area contributed by atoms with Crippen LogP contribution in [0.25, 0.3) is 0 Å². The highest BCUT2D eigenvalue weighted by Gasteiger charge is 2.51. The minimum Gasteiger partial charge on any atom is -0.374 e. The maximum Gasteiger partial charge on any atom is 0.501 e. The molecule has 0 aromatic heterocycles. The first-order valence-electron chi connectivity index (χ1n) is 10.2. The van der Waals surface area contributed by atoms with Gasteiger partial charge in [0.2, 0.25) is 0 Å². The van der Waals surface area contributed by atoms with Crippen LogP contribution in [-0.4, -0.2) is 66.2 Å². The number of hydrogen-bond acceptors (Lipinski definition) is 8. The van der Waals surface area contributed by atoms with E-state index in [9.17, 15) is 0 Å². The summed E-state index contributed by atoms with van der Waals surface area (Å²) in [5, 5.41) is 0. The Morgan fingerprint density at radius 1 is 0.852 bits per heavy atom. The van der Waals surface area contributed by atoms with Crippen molar-refractivity contribution in [1.82, 2.24) is 0 Å². The lowest BCUT2D eigenvalue weighted by Gasteiger charge is -2.42. The molecule has 0 amide bonds. The van der Waals surface area contributed by atoms with Crippen molar-refractivity contribution in [2.75, 3.05) is 45.3 Å². The second-order valence-electron chi connectivity index (χ2n) is 5.82. The fraction of sp³-hybridized carbons (Fsp3) is 1.00. The van der Waals surface area contributed by atoms with Crippen molar-refractivity contribution in [1.29, 1.82) is 0 Å². The molecule has 0 aliphatic carbocycles. The van der Waals surface area contributed by atoms with E-state index in [1.54, 1.807) is 0 Å². The molecule has 27 heavy (non-hydrogen) atoms. The molecule has 0 aromatic carbocycles. The number of nitrogens with two attached hydrogens (primary N) is 1. The van der Waals surface area contributed by atoms with Gasteiger partial charge in [0.1, 0.15) is 6.10 Å². The normalized spacial score (nSPS) is 13.9. The van der Waals surface area contributed by atoms with Gasteiger partial charge in [-0.15, -0.1) is 0 Å². The lowest BCUT2D eigenvalue weighted by atomic mass is 10.1. The van der Waals surface area contributed by atoms with Gasteiger partial charge in [-0.25, -0.2) is 0 Å². The van der Waals surface area contributed by atoms with E-state index in [0.717, 1.165) is 18.6 Å². The second kappa shape index (κ2) is 16.1. The molecule has 7 nitrogen and oxygen atoms in total. The number of hydrogen-bond donors (Lipinski definition) is 2. The Hall–Kier alpha value is 0.287. The van der Waals surface area contributed by atoms with E-state index in [1.807, 2.05) is 34.6 Å². The van der Waals surface area contributed by atoms with Crippen LogP contribution in [0.1, 0.15) is 53.9 Å². The van der Waals surface area contributed by atoms with Crippen molar-refractivity contribution in [3.05, 3.63) is 0 Å². The number of ether oxygens (including phenoxy) is 3. The van der Waals surface area contributed by atoms with E-state index in [2.05, 4.69) is 12.6 Å². The molecular weight excluding hydrogens is 386 g/mol. The molecule has 0 rings (SSSR count). The summed E-state index contributed by atoms with van der Waals surface area (Å²) in [4.78, 5) is 0. The number of thiol groups is 1. The first-order chi connectivity index (χ1) is 13.0. The van der Waals surface area contributed by atoms with Gasteiger partial charge in [-0.05, 0) is 66.2 Å². The lowest BCUT2D eigenvalue weighted by Crippen LogP contribution is -2.58. The van der Waals surface area contributed by atoms with Crippen LogP contribution in [0.2, 0.25) is 6.04 Å². The Kier molecular flexibility index (Phi) is 16.3. The molecule has 0 bridgehead atoms. The van der Waals surface area contributed by atoms with Gasteiger partial charge >= 0.3 is 14.8 Å². The lowest BCUT2D eigenvalue weighted by molar-refractivity contribution is -0.410. The van der Waals surface area contributed by atoms with Gasteiger partial charge in [-0.1, -0.05) is 0 Å². The van der Waals surface area contributed by atoms with Crippen LogP contribution in [0.5, 0.6) is 0 Å². The monoisotopic (exact) mass is 427 g/mol. The topological polar surface area (TPSA) is 81.4 Å². The Balaban J connectivity index is 5.84. The Morgan fingerprint density at radius 2 is 1.37 bits per heavy atom. The summed E-state index contributed by atoms with van der Waals surface area (Å²) in [6.45, 7) is 12.5. The maximum atomic E-state index is 6.58. The van der Waals surface area contributed by atoms with Crippen LogP contribution in [0.3, 0.4) is 0 Å². The SMILES string of the molecule is CCOC(OCC)(OCC)C(CCCS)O[Si](CCCN)(OCC)OCC. The summed E-state index contributed by atoms with van der Waals surface area (Å²) >= 11 is 4.35. The van der Waals surface area contributed by atoms with Crippen molar-refractivity contribution in [2.24, 2.45) is 5.73 Å². The second-order valence-corrected chi connectivity index (χ2v) is 8.94. The Labute approximate surface area is 172 Å². The molecule has 0 aromatic rings. The fourth-order valence-electron chi connectivity index (χ4n) is 2.88. The highest BCUT2D eigenvalue weighted by molar-refractivity contribution is 7.80. The zero-order valence-corrected chi connectivity index (χ0v) is 19.7. The van der Waals surface area contributed by atoms with Crippen LogP contribution in [0.15, 0.2) is 0 Å². The molecule has 0 saturated carbocycles. The third kappa shape index (κ3) is 9.55. The van der Waals surface area contributed by atoms with Crippen LogP contribution < -0.4 is 5.73 Å². The average Bonchev–Trinajstić information content (AvgIpc) is 2.64. The van der Waals surface area contributed by atoms with E-state index in [0.29, 0.717) is 52.0 Å². The van der Waals surface area contributed by atoms with Crippen molar-refractivity contribution < 1.29 is 27.5 Å². The highest BCUT2D eigenvalue weighted by Crippen LogP contribution is 2.32. The Bertz CT molecular complexity index is 331. The quantitative estimate of drug-likeness (QED) is 0.186. The predicted molar refractivity (Wildman–Crippen MR) is 113 cm³/mol. The molecule has 0 saturated heterocycles. The highest BCUT2D eigenvalue weighted by atomic mass is 32.1. The van der Waals surface area contributed by atoms with Crippen molar-refractivity contribution in [2.45, 2.75) is 72.0 Å². The maximum absolute atomic E-state index is 6.58. The molecular formula is C18H41NO6SSi. The Morgan fingerprint density at radius 3 is 1.74 bits per heavy atom. The summed E-state index contributed by atoms with van der Waals surface area (Å²) < 4.78 is 36.6. The summed E-state index contributed by atoms with van der Waals surface area (Å²) in [6.07, 6.45) is 1.74. The smallest absolute Gasteiger partial charge is 0.374 e. The van der Waals surface area contributed by atoms with E-state index in [1.165, 1.54) is 0 Å². The van der Waals surface area contributed by atoms with Gasteiger partial charge in [0, 0.05) is 39.1 Å². The van der Waals surface area contributed by atoms with Gasteiger partial charge in [0.15, 0.2) is 0 Å². The zero-order chi connectivity index (χ0) is 20.6. The van der Waals surface area contributed by atoms with Gasteiger partial charge in [-0.3, -0.25) is 0 Å². The predicted octanol–water partition coefficient (Wildman–Crippen LogP) is 3.21.